The first-order valence-corrected chi connectivity index (χ1v) is 7.40. The Morgan fingerprint density at radius 1 is 1.22 bits per heavy atom. The first-order valence-electron chi connectivity index (χ1n) is 7.40. The second-order valence-electron chi connectivity index (χ2n) is 5.85. The average Bonchev–Trinajstić information content (AvgIpc) is 2.54. The van der Waals surface area contributed by atoms with Crippen molar-refractivity contribution in [2.75, 3.05) is 20.3 Å². The summed E-state index contributed by atoms with van der Waals surface area (Å²) in [6.07, 6.45) is 0. The highest BCUT2D eigenvalue weighted by Crippen LogP contribution is 2.24. The third kappa shape index (κ3) is 4.39. The van der Waals surface area contributed by atoms with Gasteiger partial charge in [0.1, 0.15) is 0 Å². The molecule has 0 aliphatic heterocycles. The summed E-state index contributed by atoms with van der Waals surface area (Å²) < 4.78 is 5.03. The van der Waals surface area contributed by atoms with Crippen molar-refractivity contribution in [3.8, 4) is 0 Å². The third-order valence-electron chi connectivity index (χ3n) is 3.54. The van der Waals surface area contributed by atoms with Crippen molar-refractivity contribution < 1.29 is 24.2 Å². The predicted octanol–water partition coefficient (Wildman–Crippen LogP) is 1.34. The number of ether oxygens (including phenoxy) is 1. The Morgan fingerprint density at radius 2 is 1.78 bits per heavy atom. The van der Waals surface area contributed by atoms with Gasteiger partial charge < -0.3 is 14.7 Å². The molecule has 126 valence electrons. The quantitative estimate of drug-likeness (QED) is 0.605. The number of aliphatic hydroxyl groups is 1. The number of benzene rings is 1. The average molecular weight is 321 g/mol. The predicted molar refractivity (Wildman–Crippen MR) is 84.5 cm³/mol. The molecule has 0 aromatic heterocycles. The first kappa shape index (κ1) is 18.8. The van der Waals surface area contributed by atoms with E-state index in [2.05, 4.69) is 0 Å². The molecule has 0 saturated carbocycles. The van der Waals surface area contributed by atoms with Crippen LogP contribution in [0.3, 0.4) is 0 Å². The fourth-order valence-corrected chi connectivity index (χ4v) is 2.01. The van der Waals surface area contributed by atoms with Crippen LogP contribution in [-0.2, 0) is 19.1 Å². The number of hydrogen-bond acceptors (Lipinski definition) is 5. The van der Waals surface area contributed by atoms with Gasteiger partial charge in [-0.3, -0.25) is 9.59 Å². The number of ketones is 1. The maximum absolute atomic E-state index is 12.4. The normalized spacial score (nSPS) is 12.4. The van der Waals surface area contributed by atoms with Gasteiger partial charge in [-0.1, -0.05) is 44.2 Å². The number of nitrogens with zero attached hydrogens (tertiary/aromatic N) is 1. The molecule has 6 nitrogen and oxygen atoms in total. The molecule has 1 atom stereocenters. The van der Waals surface area contributed by atoms with Gasteiger partial charge in [0.2, 0.25) is 5.78 Å². The topological polar surface area (TPSA) is 83.9 Å². The summed E-state index contributed by atoms with van der Waals surface area (Å²) in [4.78, 5) is 38.0. The molecule has 0 aliphatic rings. The highest BCUT2D eigenvalue weighted by molar-refractivity contribution is 6.38. The lowest BCUT2D eigenvalue weighted by atomic mass is 9.88. The molecule has 6 heteroatoms. The summed E-state index contributed by atoms with van der Waals surface area (Å²) in [5.74, 6) is -2.21. The Bertz CT molecular complexity index is 568. The minimum atomic E-state index is -1.21. The molecule has 1 unspecified atom stereocenters. The van der Waals surface area contributed by atoms with Gasteiger partial charge in [0.15, 0.2) is 6.04 Å². The van der Waals surface area contributed by atoms with Crippen molar-refractivity contribution >= 4 is 17.7 Å². The van der Waals surface area contributed by atoms with Crippen molar-refractivity contribution in [1.82, 2.24) is 4.90 Å². The zero-order chi connectivity index (χ0) is 17.6. The molecule has 1 rings (SSSR count). The highest BCUT2D eigenvalue weighted by atomic mass is 16.5. The van der Waals surface area contributed by atoms with Crippen molar-refractivity contribution in [2.24, 2.45) is 5.41 Å². The Hall–Kier alpha value is -2.21. The minimum Gasteiger partial charge on any atom is -0.464 e. The van der Waals surface area contributed by atoms with Gasteiger partial charge in [0.25, 0.3) is 5.91 Å². The lowest BCUT2D eigenvalue weighted by molar-refractivity contribution is -0.158. The van der Waals surface area contributed by atoms with Crippen LogP contribution in [0.1, 0.15) is 32.4 Å². The lowest BCUT2D eigenvalue weighted by Crippen LogP contribution is -2.46. The van der Waals surface area contributed by atoms with Crippen LogP contribution in [0.15, 0.2) is 30.3 Å². The van der Waals surface area contributed by atoms with E-state index in [0.29, 0.717) is 5.56 Å². The van der Waals surface area contributed by atoms with E-state index >= 15 is 0 Å². The number of esters is 1. The van der Waals surface area contributed by atoms with Crippen LogP contribution < -0.4 is 0 Å². The Balaban J connectivity index is 3.14. The summed E-state index contributed by atoms with van der Waals surface area (Å²) in [5, 5.41) is 9.26. The highest BCUT2D eigenvalue weighted by Gasteiger charge is 2.38. The maximum atomic E-state index is 12.4. The molecular weight excluding hydrogens is 298 g/mol. The first-order chi connectivity index (χ1) is 10.8. The van der Waals surface area contributed by atoms with Gasteiger partial charge in [-0.15, -0.1) is 0 Å². The second-order valence-corrected chi connectivity index (χ2v) is 5.85. The van der Waals surface area contributed by atoms with Crippen LogP contribution in [0.4, 0.5) is 0 Å². The number of aliphatic hydroxyl groups excluding tert-OH is 1. The van der Waals surface area contributed by atoms with Crippen LogP contribution in [0.25, 0.3) is 0 Å². The monoisotopic (exact) mass is 321 g/mol. The molecule has 0 aliphatic carbocycles. The van der Waals surface area contributed by atoms with E-state index in [9.17, 15) is 19.5 Å². The summed E-state index contributed by atoms with van der Waals surface area (Å²) in [6, 6.07) is 7.62. The number of likely N-dealkylation sites (N-methyl/N-ethyl adjacent to an activating group) is 1. The minimum absolute atomic E-state index is 0.167. The standard InChI is InChI=1S/C17H23NO5/c1-5-23-16(22)13(12-9-7-6-8-10-12)18(4)15(21)14(20)17(2,3)11-19/h6-10,13,19H,5,11H2,1-4H3. The van der Waals surface area contributed by atoms with Crippen molar-refractivity contribution in [2.45, 2.75) is 26.8 Å². The van der Waals surface area contributed by atoms with Gasteiger partial charge >= 0.3 is 5.97 Å². The SMILES string of the molecule is CCOC(=O)C(c1ccccc1)N(C)C(=O)C(=O)C(C)(C)CO. The molecule has 0 saturated heterocycles. The summed E-state index contributed by atoms with van der Waals surface area (Å²) in [7, 11) is 1.38. The third-order valence-corrected chi connectivity index (χ3v) is 3.54. The van der Waals surface area contributed by atoms with Crippen LogP contribution >= 0.6 is 0 Å². The van der Waals surface area contributed by atoms with E-state index in [4.69, 9.17) is 4.74 Å². The van der Waals surface area contributed by atoms with E-state index in [1.807, 2.05) is 0 Å². The number of hydrogen-bond donors (Lipinski definition) is 1. The van der Waals surface area contributed by atoms with Crippen LogP contribution in [-0.4, -0.2) is 47.9 Å². The van der Waals surface area contributed by atoms with Gasteiger partial charge in [-0.25, -0.2) is 4.79 Å². The van der Waals surface area contributed by atoms with Crippen molar-refractivity contribution in [3.63, 3.8) is 0 Å². The number of Topliss-reactive ketones (excluding diaryl/α,β-unsaturated/α-hetero) is 1. The fourth-order valence-electron chi connectivity index (χ4n) is 2.01. The Labute approximate surface area is 136 Å². The van der Waals surface area contributed by atoms with Gasteiger partial charge in [0.05, 0.1) is 18.6 Å². The Kier molecular flexibility index (Phi) is 6.45. The second kappa shape index (κ2) is 7.87. The Morgan fingerprint density at radius 3 is 2.26 bits per heavy atom. The molecule has 1 aromatic rings. The maximum Gasteiger partial charge on any atom is 0.333 e. The number of carbonyl (C=O) groups is 3. The number of amides is 1. The molecule has 1 N–H and O–H groups in total. The van der Waals surface area contributed by atoms with Gasteiger partial charge in [-0.05, 0) is 12.5 Å². The molecule has 1 amide bonds. The van der Waals surface area contributed by atoms with Gasteiger partial charge in [-0.2, -0.15) is 0 Å². The summed E-state index contributed by atoms with van der Waals surface area (Å²) in [6.45, 7) is 4.33. The van der Waals surface area contributed by atoms with E-state index < -0.39 is 35.7 Å². The summed E-state index contributed by atoms with van der Waals surface area (Å²) >= 11 is 0. The molecule has 0 heterocycles. The molecule has 0 bridgehead atoms. The fraction of sp³-hybridized carbons (Fsp3) is 0.471. The lowest BCUT2D eigenvalue weighted by Gasteiger charge is -2.29. The molecule has 0 spiro atoms. The molecule has 0 fully saturated rings. The smallest absolute Gasteiger partial charge is 0.333 e. The zero-order valence-electron chi connectivity index (χ0n) is 13.9. The van der Waals surface area contributed by atoms with E-state index in [1.165, 1.54) is 20.9 Å². The van der Waals surface area contributed by atoms with Crippen LogP contribution in [0, 0.1) is 5.41 Å². The summed E-state index contributed by atoms with van der Waals surface area (Å²) in [5.41, 5.74) is -0.655. The van der Waals surface area contributed by atoms with E-state index in [1.54, 1.807) is 37.3 Å². The van der Waals surface area contributed by atoms with E-state index in [0.717, 1.165) is 4.90 Å². The van der Waals surface area contributed by atoms with Crippen LogP contribution in [0.5, 0.6) is 0 Å². The van der Waals surface area contributed by atoms with Gasteiger partial charge in [0, 0.05) is 7.05 Å². The van der Waals surface area contributed by atoms with Crippen LogP contribution in [0.2, 0.25) is 0 Å². The van der Waals surface area contributed by atoms with Crippen molar-refractivity contribution in [3.05, 3.63) is 35.9 Å². The largest absolute Gasteiger partial charge is 0.464 e. The van der Waals surface area contributed by atoms with E-state index in [-0.39, 0.29) is 6.61 Å². The van der Waals surface area contributed by atoms with Crippen molar-refractivity contribution in [1.29, 1.82) is 0 Å². The molecule has 1 aromatic carbocycles. The molecule has 23 heavy (non-hydrogen) atoms. The number of carbonyl (C=O) groups excluding carboxylic acids is 3. The molecule has 0 radical (unpaired) electrons. The number of rotatable bonds is 7. The molecular formula is C17H23NO5. The zero-order valence-corrected chi connectivity index (χ0v) is 13.9.